The van der Waals surface area contributed by atoms with E-state index in [-0.39, 0.29) is 0 Å². The number of benzene rings is 1. The molecular formula is C14H15ClO2S. The van der Waals surface area contributed by atoms with Gasteiger partial charge < -0.3 is 9.84 Å². The normalized spacial score (nSPS) is 12.6. The molecule has 0 aliphatic rings. The maximum atomic E-state index is 10.2. The largest absolute Gasteiger partial charge is 0.388 e. The Morgan fingerprint density at radius 2 is 2.22 bits per heavy atom. The number of halogens is 1. The lowest BCUT2D eigenvalue weighted by molar-refractivity contribution is 0.176. The van der Waals surface area contributed by atoms with Gasteiger partial charge in [-0.3, -0.25) is 0 Å². The third kappa shape index (κ3) is 3.33. The van der Waals surface area contributed by atoms with E-state index < -0.39 is 6.10 Å². The Morgan fingerprint density at radius 1 is 1.39 bits per heavy atom. The molecule has 1 unspecified atom stereocenters. The van der Waals surface area contributed by atoms with Gasteiger partial charge in [-0.1, -0.05) is 35.9 Å². The highest BCUT2D eigenvalue weighted by Gasteiger charge is 2.12. The van der Waals surface area contributed by atoms with Crippen LogP contribution in [0, 0.1) is 0 Å². The van der Waals surface area contributed by atoms with Crippen LogP contribution in [0.15, 0.2) is 35.7 Å². The Hall–Kier alpha value is -0.870. The summed E-state index contributed by atoms with van der Waals surface area (Å²) in [4.78, 5) is 1.02. The molecule has 0 aliphatic heterocycles. The van der Waals surface area contributed by atoms with Crippen LogP contribution in [0.4, 0.5) is 0 Å². The summed E-state index contributed by atoms with van der Waals surface area (Å²) >= 11 is 7.60. The molecule has 1 aromatic heterocycles. The van der Waals surface area contributed by atoms with E-state index in [4.69, 9.17) is 16.3 Å². The molecule has 0 bridgehead atoms. The second kappa shape index (κ2) is 6.34. The Labute approximate surface area is 116 Å². The van der Waals surface area contributed by atoms with E-state index in [1.54, 1.807) is 18.4 Å². The van der Waals surface area contributed by atoms with E-state index in [9.17, 15) is 5.11 Å². The minimum absolute atomic E-state index is 0.530. The molecule has 1 N–H and O–H groups in total. The van der Waals surface area contributed by atoms with Gasteiger partial charge >= 0.3 is 0 Å². The molecule has 1 heterocycles. The molecule has 1 aromatic carbocycles. The summed E-state index contributed by atoms with van der Waals surface area (Å²) in [6, 6.07) is 9.66. The van der Waals surface area contributed by atoms with Gasteiger partial charge in [-0.15, -0.1) is 11.3 Å². The summed E-state index contributed by atoms with van der Waals surface area (Å²) in [6.45, 7) is 0.556. The van der Waals surface area contributed by atoms with Gasteiger partial charge in [0.05, 0.1) is 17.7 Å². The molecule has 2 aromatic rings. The van der Waals surface area contributed by atoms with Crippen molar-refractivity contribution in [3.8, 4) is 0 Å². The molecule has 2 rings (SSSR count). The van der Waals surface area contributed by atoms with Crippen molar-refractivity contribution in [2.45, 2.75) is 19.1 Å². The van der Waals surface area contributed by atoms with Crippen molar-refractivity contribution in [3.63, 3.8) is 0 Å². The van der Waals surface area contributed by atoms with Crippen molar-refractivity contribution in [1.82, 2.24) is 0 Å². The lowest BCUT2D eigenvalue weighted by atomic mass is 10.0. The van der Waals surface area contributed by atoms with Gasteiger partial charge in [0.25, 0.3) is 0 Å². The fourth-order valence-electron chi connectivity index (χ4n) is 1.82. The molecular weight excluding hydrogens is 268 g/mol. The van der Waals surface area contributed by atoms with Gasteiger partial charge in [0, 0.05) is 18.4 Å². The monoisotopic (exact) mass is 282 g/mol. The molecule has 0 saturated heterocycles. The highest BCUT2D eigenvalue weighted by atomic mass is 35.5. The van der Waals surface area contributed by atoms with Crippen LogP contribution in [0.25, 0.3) is 0 Å². The molecule has 1 atom stereocenters. The first-order valence-corrected chi connectivity index (χ1v) is 6.94. The van der Waals surface area contributed by atoms with Crippen molar-refractivity contribution in [3.05, 3.63) is 56.7 Å². The number of hydrogen-bond acceptors (Lipinski definition) is 3. The van der Waals surface area contributed by atoms with Crippen molar-refractivity contribution in [2.24, 2.45) is 0 Å². The number of aliphatic hydroxyl groups excluding tert-OH is 1. The van der Waals surface area contributed by atoms with Crippen molar-refractivity contribution < 1.29 is 9.84 Å². The summed E-state index contributed by atoms with van der Waals surface area (Å²) in [7, 11) is 1.66. The first-order chi connectivity index (χ1) is 8.70. The SMILES string of the molecule is COCc1cccc(C(O)Cc2sccc2Cl)c1. The first-order valence-electron chi connectivity index (χ1n) is 5.68. The average Bonchev–Trinajstić information content (AvgIpc) is 2.76. The van der Waals surface area contributed by atoms with Gasteiger partial charge in [-0.05, 0) is 22.6 Å². The number of ether oxygens (including phenoxy) is 1. The zero-order valence-electron chi connectivity index (χ0n) is 10.1. The molecule has 0 saturated carbocycles. The molecule has 0 spiro atoms. The number of thiophene rings is 1. The van der Waals surface area contributed by atoms with Crippen LogP contribution in [0.5, 0.6) is 0 Å². The second-order valence-corrected chi connectivity index (χ2v) is 5.50. The van der Waals surface area contributed by atoms with Crippen LogP contribution < -0.4 is 0 Å². The molecule has 4 heteroatoms. The predicted molar refractivity (Wildman–Crippen MR) is 75.1 cm³/mol. The van der Waals surface area contributed by atoms with E-state index in [0.717, 1.165) is 21.0 Å². The zero-order chi connectivity index (χ0) is 13.0. The molecule has 18 heavy (non-hydrogen) atoms. The number of methoxy groups -OCH3 is 1. The summed E-state index contributed by atoms with van der Waals surface area (Å²) in [5, 5.41) is 12.9. The lowest BCUT2D eigenvalue weighted by Crippen LogP contribution is -2.02. The van der Waals surface area contributed by atoms with E-state index in [0.29, 0.717) is 13.0 Å². The van der Waals surface area contributed by atoms with Gasteiger partial charge in [0.15, 0.2) is 0 Å². The number of rotatable bonds is 5. The van der Waals surface area contributed by atoms with E-state index >= 15 is 0 Å². The molecule has 0 amide bonds. The Bertz CT molecular complexity index is 510. The Balaban J connectivity index is 2.11. The molecule has 0 fully saturated rings. The Morgan fingerprint density at radius 3 is 2.89 bits per heavy atom. The van der Waals surface area contributed by atoms with Crippen molar-refractivity contribution in [1.29, 1.82) is 0 Å². The van der Waals surface area contributed by atoms with Gasteiger partial charge in [-0.2, -0.15) is 0 Å². The van der Waals surface area contributed by atoms with Crippen LogP contribution in [-0.2, 0) is 17.8 Å². The van der Waals surface area contributed by atoms with Gasteiger partial charge in [0.2, 0.25) is 0 Å². The molecule has 96 valence electrons. The van der Waals surface area contributed by atoms with Crippen LogP contribution in [-0.4, -0.2) is 12.2 Å². The average molecular weight is 283 g/mol. The fraction of sp³-hybridized carbons (Fsp3) is 0.286. The number of hydrogen-bond donors (Lipinski definition) is 1. The minimum Gasteiger partial charge on any atom is -0.388 e. The van der Waals surface area contributed by atoms with Crippen LogP contribution in [0.3, 0.4) is 0 Å². The van der Waals surface area contributed by atoms with E-state index in [2.05, 4.69) is 0 Å². The smallest absolute Gasteiger partial charge is 0.0838 e. The number of aliphatic hydroxyl groups is 1. The van der Waals surface area contributed by atoms with E-state index in [1.807, 2.05) is 35.7 Å². The maximum Gasteiger partial charge on any atom is 0.0838 e. The third-order valence-corrected chi connectivity index (χ3v) is 4.13. The predicted octanol–water partition coefficient (Wildman–Crippen LogP) is 3.82. The fourth-order valence-corrected chi connectivity index (χ4v) is 2.97. The van der Waals surface area contributed by atoms with Crippen molar-refractivity contribution >= 4 is 22.9 Å². The van der Waals surface area contributed by atoms with Crippen LogP contribution in [0.1, 0.15) is 22.1 Å². The molecule has 2 nitrogen and oxygen atoms in total. The molecule has 0 aliphatic carbocycles. The highest BCUT2D eigenvalue weighted by molar-refractivity contribution is 7.10. The Kier molecular flexibility index (Phi) is 4.78. The highest BCUT2D eigenvalue weighted by Crippen LogP contribution is 2.28. The minimum atomic E-state index is -0.530. The second-order valence-electron chi connectivity index (χ2n) is 4.09. The first kappa shape index (κ1) is 13.6. The topological polar surface area (TPSA) is 29.5 Å². The lowest BCUT2D eigenvalue weighted by Gasteiger charge is -2.11. The summed E-state index contributed by atoms with van der Waals surface area (Å²) in [5.41, 5.74) is 1.96. The van der Waals surface area contributed by atoms with Crippen LogP contribution >= 0.6 is 22.9 Å². The van der Waals surface area contributed by atoms with Crippen molar-refractivity contribution in [2.75, 3.05) is 7.11 Å². The summed E-state index contributed by atoms with van der Waals surface area (Å²) < 4.78 is 5.09. The summed E-state index contributed by atoms with van der Waals surface area (Å²) in [5.74, 6) is 0. The summed E-state index contributed by atoms with van der Waals surface area (Å²) in [6.07, 6.45) is 0.0189. The standard InChI is InChI=1S/C14H15ClO2S/c1-17-9-10-3-2-4-11(7-10)13(16)8-14-12(15)5-6-18-14/h2-7,13,16H,8-9H2,1H3. The quantitative estimate of drug-likeness (QED) is 0.903. The van der Waals surface area contributed by atoms with Crippen LogP contribution in [0.2, 0.25) is 5.02 Å². The maximum absolute atomic E-state index is 10.2. The van der Waals surface area contributed by atoms with Gasteiger partial charge in [-0.25, -0.2) is 0 Å². The third-order valence-electron chi connectivity index (χ3n) is 2.72. The van der Waals surface area contributed by atoms with E-state index in [1.165, 1.54) is 0 Å². The van der Waals surface area contributed by atoms with Gasteiger partial charge in [0.1, 0.15) is 0 Å². The molecule has 0 radical (unpaired) electrons. The zero-order valence-corrected chi connectivity index (χ0v) is 11.7.